The fraction of sp³-hybridized carbons (Fsp3) is 0.139. The van der Waals surface area contributed by atoms with E-state index in [1.54, 1.807) is 5.57 Å². The number of hydrogen-bond acceptors (Lipinski definition) is 0. The molecule has 8 aromatic carbocycles. The van der Waals surface area contributed by atoms with E-state index in [2.05, 4.69) is 257 Å². The van der Waals surface area contributed by atoms with Crippen molar-refractivity contribution in [1.29, 1.82) is 0 Å². The van der Waals surface area contributed by atoms with Crippen molar-refractivity contribution in [2.24, 2.45) is 24.8 Å². The molecule has 0 radical (unpaired) electrons. The van der Waals surface area contributed by atoms with Gasteiger partial charge < -0.3 is 13.7 Å². The predicted octanol–water partition coefficient (Wildman–Crippen LogP) is 16.5. The van der Waals surface area contributed by atoms with Crippen LogP contribution < -0.4 is 10.6 Å². The first-order chi connectivity index (χ1) is 37.1. The monoisotopic (exact) mass is 961 g/mol. The van der Waals surface area contributed by atoms with E-state index >= 15 is 0 Å². The Hall–Kier alpha value is -8.66. The molecule has 3 nitrogen and oxygen atoms in total. The molecule has 6 aliphatic carbocycles. The lowest BCUT2D eigenvalue weighted by Crippen LogP contribution is -2.44. The number of allylic oxidation sites excluding steroid dienone is 7. The number of hydrogen-bond donors (Lipinski definition) is 0. The molecule has 0 aliphatic heterocycles. The maximum atomic E-state index is 2.64. The average molecular weight is 962 g/mol. The summed E-state index contributed by atoms with van der Waals surface area (Å²) in [4.78, 5) is 0. The lowest BCUT2D eigenvalue weighted by atomic mass is 9.55. The van der Waals surface area contributed by atoms with Crippen LogP contribution in [0.5, 0.6) is 0 Å². The van der Waals surface area contributed by atoms with E-state index in [-0.39, 0.29) is 5.41 Å². The molecule has 358 valence electrons. The van der Waals surface area contributed by atoms with Crippen LogP contribution in [0.2, 0.25) is 0 Å². The highest BCUT2D eigenvalue weighted by Crippen LogP contribution is 2.58. The maximum absolute atomic E-state index is 2.64. The summed E-state index contributed by atoms with van der Waals surface area (Å²) in [6, 6.07) is 70.0. The molecule has 75 heavy (non-hydrogen) atoms. The van der Waals surface area contributed by atoms with Gasteiger partial charge in [-0.2, -0.15) is 0 Å². The van der Waals surface area contributed by atoms with Crippen molar-refractivity contribution in [2.75, 3.05) is 0 Å². The van der Waals surface area contributed by atoms with Crippen molar-refractivity contribution < 1.29 is 0 Å². The van der Waals surface area contributed by atoms with Gasteiger partial charge in [0, 0.05) is 67.0 Å². The van der Waals surface area contributed by atoms with E-state index in [9.17, 15) is 0 Å². The van der Waals surface area contributed by atoms with Crippen molar-refractivity contribution >= 4 is 67.4 Å². The number of nitrogens with zero attached hydrogens (tertiary/aromatic N) is 3. The molecule has 0 amide bonds. The molecule has 1 spiro atoms. The second-order valence-electron chi connectivity index (χ2n) is 21.9. The van der Waals surface area contributed by atoms with Gasteiger partial charge >= 0.3 is 0 Å². The minimum Gasteiger partial charge on any atom is -0.344 e. The van der Waals surface area contributed by atoms with Crippen LogP contribution in [0.15, 0.2) is 224 Å². The second kappa shape index (κ2) is 16.4. The smallest absolute Gasteiger partial charge is 0.0541 e. The first-order valence-corrected chi connectivity index (χ1v) is 27.2. The Kier molecular flexibility index (Phi) is 9.37. The summed E-state index contributed by atoms with van der Waals surface area (Å²) in [5, 5.41) is 7.98. The third kappa shape index (κ3) is 6.34. The SMILES string of the molecule is Cn1c2ccc(C3=C4CC(C=C3)C3C=CC(CC3)[C@]43C=Cc4c3c3c(n4-c4ccccc4)=CCCC=3)cc2c2cc(-c3ccc(-c4ccc(-c5ccc6c(c5)c5ccccc5n6-c5ccccc5)cc4)cc3)ccc21. The first kappa shape index (κ1) is 42.8. The highest BCUT2D eigenvalue weighted by Gasteiger charge is 2.51. The van der Waals surface area contributed by atoms with Crippen molar-refractivity contribution in [3.63, 3.8) is 0 Å². The Labute approximate surface area is 437 Å². The highest BCUT2D eigenvalue weighted by molar-refractivity contribution is 6.11. The molecule has 1 saturated carbocycles. The minimum atomic E-state index is -0.210. The standard InChI is InChI=1S/C72H55N3/c1-73-65-37-31-51(48-24-20-46(21-25-48)47-22-26-49(27-23-47)52-32-39-69-61(42-52)59-16-8-10-18-67(59)74(69)56-12-4-2-5-13-56)43-62(65)63-44-54(33-38-66(63)73)58-36-30-53-45-64(58)72(55-34-28-50(53)29-35-55)41-40-70-71(72)60-17-9-11-19-68(60)75(70)57-14-6-3-7-15-57/h2-8,10,12-28,30-34,36-44,50,53,55H,9,11,29,35,45H2,1H3/t50?,53?,55?,72-/m1/s1. The van der Waals surface area contributed by atoms with Crippen LogP contribution in [0.1, 0.15) is 48.9 Å². The average Bonchev–Trinajstić information content (AvgIpc) is 4.32. The third-order valence-electron chi connectivity index (χ3n) is 18.2. The molecule has 3 aromatic heterocycles. The van der Waals surface area contributed by atoms with Crippen LogP contribution in [0.25, 0.3) is 112 Å². The highest BCUT2D eigenvalue weighted by atomic mass is 15.0. The Morgan fingerprint density at radius 2 is 0.987 bits per heavy atom. The van der Waals surface area contributed by atoms with E-state index in [0.29, 0.717) is 17.8 Å². The van der Waals surface area contributed by atoms with Gasteiger partial charge in [-0.25, -0.2) is 0 Å². The van der Waals surface area contributed by atoms with E-state index in [1.165, 1.54) is 134 Å². The molecule has 0 N–H and O–H groups in total. The van der Waals surface area contributed by atoms with Crippen LogP contribution >= 0.6 is 0 Å². The molecule has 6 aliphatic rings. The Balaban J connectivity index is 0.750. The second-order valence-corrected chi connectivity index (χ2v) is 21.9. The van der Waals surface area contributed by atoms with Gasteiger partial charge in [-0.3, -0.25) is 0 Å². The van der Waals surface area contributed by atoms with E-state index in [0.717, 1.165) is 19.3 Å². The van der Waals surface area contributed by atoms with Gasteiger partial charge in [-0.15, -0.1) is 0 Å². The molecular weight excluding hydrogens is 907 g/mol. The summed E-state index contributed by atoms with van der Waals surface area (Å²) in [5.74, 6) is 1.52. The molecular formula is C72H55N3. The molecule has 17 rings (SSSR count). The van der Waals surface area contributed by atoms with Crippen molar-refractivity contribution in [2.45, 2.75) is 37.5 Å². The fourth-order valence-electron chi connectivity index (χ4n) is 14.6. The summed E-state index contributed by atoms with van der Waals surface area (Å²) in [6.07, 6.45) is 26.2. The normalized spacial score (nSPS) is 20.3. The van der Waals surface area contributed by atoms with Crippen LogP contribution in [-0.4, -0.2) is 13.7 Å². The molecule has 3 heterocycles. The first-order valence-electron chi connectivity index (χ1n) is 27.2. The number of aromatic nitrogens is 3. The van der Waals surface area contributed by atoms with Crippen molar-refractivity contribution in [1.82, 2.24) is 13.7 Å². The molecule has 11 aromatic rings. The van der Waals surface area contributed by atoms with Gasteiger partial charge in [0.05, 0.1) is 16.7 Å². The number of para-hydroxylation sites is 3. The Morgan fingerprint density at radius 1 is 0.440 bits per heavy atom. The minimum absolute atomic E-state index is 0.210. The van der Waals surface area contributed by atoms with Crippen LogP contribution in [-0.2, 0) is 12.5 Å². The molecule has 1 fully saturated rings. The van der Waals surface area contributed by atoms with Crippen molar-refractivity contribution in [3.05, 3.63) is 251 Å². The molecule has 3 heteroatoms. The lowest BCUT2D eigenvalue weighted by molar-refractivity contribution is 0.288. The van der Waals surface area contributed by atoms with Crippen LogP contribution in [0.3, 0.4) is 0 Å². The van der Waals surface area contributed by atoms with E-state index in [4.69, 9.17) is 0 Å². The molecule has 3 unspecified atom stereocenters. The zero-order chi connectivity index (χ0) is 49.4. The Bertz CT molecular complexity index is 4440. The topological polar surface area (TPSA) is 14.8 Å². The summed E-state index contributed by atoms with van der Waals surface area (Å²) < 4.78 is 7.33. The number of benzene rings is 8. The number of aryl methyl sites for hydroxylation is 1. The molecule has 4 bridgehead atoms. The van der Waals surface area contributed by atoms with Gasteiger partial charge in [-0.1, -0.05) is 164 Å². The maximum Gasteiger partial charge on any atom is 0.0541 e. The fourth-order valence-corrected chi connectivity index (χ4v) is 14.6. The van der Waals surface area contributed by atoms with Gasteiger partial charge in [0.25, 0.3) is 0 Å². The van der Waals surface area contributed by atoms with Crippen LogP contribution in [0.4, 0.5) is 0 Å². The number of rotatable bonds is 6. The quantitative estimate of drug-likeness (QED) is 0.148. The van der Waals surface area contributed by atoms with E-state index in [1.807, 2.05) is 0 Å². The summed E-state index contributed by atoms with van der Waals surface area (Å²) in [5.41, 5.74) is 21.8. The molecule has 0 saturated heterocycles. The van der Waals surface area contributed by atoms with Gasteiger partial charge in [0.1, 0.15) is 0 Å². The Morgan fingerprint density at radius 3 is 1.65 bits per heavy atom. The summed E-state index contributed by atoms with van der Waals surface area (Å²) in [7, 11) is 2.23. The lowest BCUT2D eigenvalue weighted by Gasteiger charge is -2.47. The summed E-state index contributed by atoms with van der Waals surface area (Å²) in [6.45, 7) is 0. The predicted molar refractivity (Wildman–Crippen MR) is 314 cm³/mol. The van der Waals surface area contributed by atoms with E-state index < -0.39 is 0 Å². The van der Waals surface area contributed by atoms with Gasteiger partial charge in [-0.05, 0) is 178 Å². The van der Waals surface area contributed by atoms with Crippen molar-refractivity contribution in [3.8, 4) is 44.8 Å². The number of fused-ring (bicyclic) bond motifs is 10. The van der Waals surface area contributed by atoms with Gasteiger partial charge in [0.2, 0.25) is 0 Å². The van der Waals surface area contributed by atoms with Gasteiger partial charge in [0.15, 0.2) is 0 Å². The molecule has 4 atom stereocenters. The van der Waals surface area contributed by atoms with Crippen LogP contribution in [0, 0.1) is 17.8 Å². The summed E-state index contributed by atoms with van der Waals surface area (Å²) >= 11 is 0. The largest absolute Gasteiger partial charge is 0.344 e. The zero-order valence-corrected chi connectivity index (χ0v) is 42.1. The third-order valence-corrected chi connectivity index (χ3v) is 18.2. The zero-order valence-electron chi connectivity index (χ0n) is 42.1.